The van der Waals surface area contributed by atoms with Crippen LogP contribution in [0.2, 0.25) is 0 Å². The summed E-state index contributed by atoms with van der Waals surface area (Å²) in [4.78, 5) is 51.6. The number of hydrogen-bond donors (Lipinski definition) is 1. The number of anilines is 1. The van der Waals surface area contributed by atoms with Crippen LogP contribution in [0.15, 0.2) is 54.6 Å². The van der Waals surface area contributed by atoms with Crippen molar-refractivity contribution in [2.45, 2.75) is 18.9 Å². The number of nitrogens with one attached hydrogen (secondary N) is 1. The average Bonchev–Trinajstić information content (AvgIpc) is 3.52. The first-order valence-electron chi connectivity index (χ1n) is 11.2. The van der Waals surface area contributed by atoms with Crippen LogP contribution < -0.4 is 10.1 Å². The molecule has 1 N–H and O–H groups in total. The van der Waals surface area contributed by atoms with Crippen molar-refractivity contribution >= 4 is 29.1 Å². The van der Waals surface area contributed by atoms with Crippen molar-refractivity contribution in [2.24, 2.45) is 23.7 Å². The van der Waals surface area contributed by atoms with E-state index in [4.69, 9.17) is 4.74 Å². The summed E-state index contributed by atoms with van der Waals surface area (Å²) in [7, 11) is 1.36. The van der Waals surface area contributed by atoms with E-state index in [0.29, 0.717) is 5.56 Å². The quantitative estimate of drug-likeness (QED) is 0.280. The third-order valence-corrected chi connectivity index (χ3v) is 7.12. The molecule has 1 saturated carbocycles. The minimum Gasteiger partial charge on any atom is -0.495 e. The molecule has 9 nitrogen and oxygen atoms in total. The second-order valence-electron chi connectivity index (χ2n) is 9.01. The monoisotopic (exact) mass is 479 g/mol. The lowest BCUT2D eigenvalue weighted by Crippen LogP contribution is -2.38. The molecular weight excluding hydrogens is 457 g/mol. The van der Waals surface area contributed by atoms with E-state index < -0.39 is 34.5 Å². The Morgan fingerprint density at radius 1 is 1.14 bits per heavy atom. The molecule has 2 aromatic rings. The summed E-state index contributed by atoms with van der Waals surface area (Å²) in [6, 6.07) is 8.14. The van der Waals surface area contributed by atoms with Gasteiger partial charge in [0.15, 0.2) is 0 Å². The van der Waals surface area contributed by atoms with Gasteiger partial charge in [0, 0.05) is 12.1 Å². The van der Waals surface area contributed by atoms with Crippen molar-refractivity contribution in [1.82, 2.24) is 4.90 Å². The Morgan fingerprint density at radius 3 is 2.34 bits per heavy atom. The number of allylic oxidation sites excluding steroid dienone is 2. The molecule has 1 aliphatic heterocycles. The minimum absolute atomic E-state index is 0.00303. The summed E-state index contributed by atoms with van der Waals surface area (Å²) >= 11 is 0. The van der Waals surface area contributed by atoms with Crippen LogP contribution in [0, 0.1) is 39.6 Å². The molecule has 0 radical (unpaired) electrons. The third kappa shape index (κ3) is 3.84. The first-order chi connectivity index (χ1) is 16.8. The minimum atomic E-state index is -0.953. The highest BCUT2D eigenvalue weighted by molar-refractivity contribution is 6.07. The van der Waals surface area contributed by atoms with Crippen molar-refractivity contribution in [1.29, 1.82) is 0 Å². The van der Waals surface area contributed by atoms with E-state index in [0.717, 1.165) is 11.3 Å². The third-order valence-electron chi connectivity index (χ3n) is 7.12. The van der Waals surface area contributed by atoms with E-state index >= 15 is 0 Å². The van der Waals surface area contributed by atoms with Crippen LogP contribution >= 0.6 is 0 Å². The molecule has 5 atom stereocenters. The van der Waals surface area contributed by atoms with Crippen molar-refractivity contribution in [3.8, 4) is 5.75 Å². The Kier molecular flexibility index (Phi) is 5.58. The van der Waals surface area contributed by atoms with Crippen LogP contribution in [0.5, 0.6) is 5.75 Å². The Bertz CT molecular complexity index is 1230. The number of non-ortho nitro benzene ring substituents is 1. The van der Waals surface area contributed by atoms with Gasteiger partial charge in [0.05, 0.1) is 42.0 Å². The number of hydrogen-bond acceptors (Lipinski definition) is 6. The smallest absolute Gasteiger partial charge is 0.271 e. The maximum atomic E-state index is 13.6. The summed E-state index contributed by atoms with van der Waals surface area (Å²) in [6.07, 6.45) is 4.43. The zero-order valence-electron chi connectivity index (χ0n) is 18.7. The number of rotatable bonds is 7. The zero-order valence-corrected chi connectivity index (χ0v) is 18.7. The first-order valence-corrected chi connectivity index (χ1v) is 11.2. The van der Waals surface area contributed by atoms with Gasteiger partial charge in [-0.1, -0.05) is 24.3 Å². The van der Waals surface area contributed by atoms with E-state index in [9.17, 15) is 28.9 Å². The lowest BCUT2D eigenvalue weighted by atomic mass is 9.85. The Morgan fingerprint density at radius 2 is 1.77 bits per heavy atom. The van der Waals surface area contributed by atoms with Crippen LogP contribution in [0.3, 0.4) is 0 Å². The summed E-state index contributed by atoms with van der Waals surface area (Å²) in [5, 5.41) is 13.8. The molecule has 10 heteroatoms. The number of carbonyl (C=O) groups is 3. The van der Waals surface area contributed by atoms with Gasteiger partial charge in [0.25, 0.3) is 5.69 Å². The van der Waals surface area contributed by atoms with Crippen LogP contribution in [0.4, 0.5) is 15.8 Å². The molecule has 2 bridgehead atoms. The topological polar surface area (TPSA) is 119 Å². The largest absolute Gasteiger partial charge is 0.495 e. The van der Waals surface area contributed by atoms with Gasteiger partial charge >= 0.3 is 0 Å². The number of nitrogens with zero attached hydrogens (tertiary/aromatic N) is 2. The van der Waals surface area contributed by atoms with E-state index in [-0.39, 0.29) is 47.2 Å². The fourth-order valence-corrected chi connectivity index (χ4v) is 5.56. The Hall–Kier alpha value is -4.08. The number of methoxy groups -OCH3 is 1. The number of fused-ring (bicyclic) bond motifs is 5. The molecule has 180 valence electrons. The van der Waals surface area contributed by atoms with Gasteiger partial charge in [-0.2, -0.15) is 0 Å². The number of nitro benzene ring substituents is 1. The number of carbonyl (C=O) groups excluding carboxylic acids is 3. The van der Waals surface area contributed by atoms with Crippen molar-refractivity contribution in [3.63, 3.8) is 0 Å². The van der Waals surface area contributed by atoms with Gasteiger partial charge in [-0.3, -0.25) is 29.4 Å². The van der Waals surface area contributed by atoms with Crippen LogP contribution in [0.25, 0.3) is 0 Å². The summed E-state index contributed by atoms with van der Waals surface area (Å²) < 4.78 is 18.8. The lowest BCUT2D eigenvalue weighted by Gasteiger charge is -2.28. The molecule has 2 aliphatic carbocycles. The summed E-state index contributed by atoms with van der Waals surface area (Å²) in [6.45, 7) is 0. The van der Waals surface area contributed by atoms with Crippen molar-refractivity contribution in [2.75, 3.05) is 12.4 Å². The van der Waals surface area contributed by atoms with Gasteiger partial charge in [-0.25, -0.2) is 4.39 Å². The summed E-state index contributed by atoms with van der Waals surface area (Å²) in [5.41, 5.74) is 0.286. The van der Waals surface area contributed by atoms with E-state index in [1.165, 1.54) is 49.6 Å². The molecule has 2 fully saturated rings. The number of imide groups is 1. The molecular formula is C25H22FN3O6. The number of halogens is 1. The maximum absolute atomic E-state index is 13.6. The highest BCUT2D eigenvalue weighted by Gasteiger charge is 2.60. The normalized spacial score (nSPS) is 25.0. The second kappa shape index (κ2) is 8.61. The molecule has 5 rings (SSSR count). The van der Waals surface area contributed by atoms with E-state index in [1.54, 1.807) is 0 Å². The number of benzene rings is 2. The van der Waals surface area contributed by atoms with Crippen molar-refractivity contribution in [3.05, 3.63) is 76.1 Å². The van der Waals surface area contributed by atoms with Crippen LogP contribution in [0.1, 0.15) is 24.4 Å². The van der Waals surface area contributed by atoms with Gasteiger partial charge < -0.3 is 10.1 Å². The standard InChI is InChI=1S/C25H22FN3O6/c1-35-20-9-8-17(29(33)34)11-18(20)27-21(30)12-19(13-4-6-16(26)7-5-13)28-24(31)22-14-2-3-15(10-14)23(22)25(28)32/h2-9,11,14-15,19,22-23H,10,12H2,1H3,(H,27,30). The van der Waals surface area contributed by atoms with Gasteiger partial charge in [-0.05, 0) is 42.0 Å². The Balaban J connectivity index is 1.44. The van der Waals surface area contributed by atoms with Crippen molar-refractivity contribution < 1.29 is 28.4 Å². The lowest BCUT2D eigenvalue weighted by molar-refractivity contribution is -0.384. The molecule has 5 unspecified atom stereocenters. The average molecular weight is 479 g/mol. The summed E-state index contributed by atoms with van der Waals surface area (Å²) in [5.74, 6) is -2.40. The molecule has 3 amide bonds. The molecule has 0 spiro atoms. The van der Waals surface area contributed by atoms with E-state index in [1.807, 2.05) is 12.2 Å². The molecule has 3 aliphatic rings. The first kappa shape index (κ1) is 22.7. The molecule has 0 aromatic heterocycles. The van der Waals surface area contributed by atoms with Gasteiger partial charge in [0.1, 0.15) is 11.6 Å². The number of ether oxygens (including phenoxy) is 1. The van der Waals surface area contributed by atoms with Gasteiger partial charge in [-0.15, -0.1) is 0 Å². The van der Waals surface area contributed by atoms with Crippen LogP contribution in [-0.2, 0) is 14.4 Å². The highest BCUT2D eigenvalue weighted by atomic mass is 19.1. The predicted molar refractivity (Wildman–Crippen MR) is 122 cm³/mol. The fraction of sp³-hybridized carbons (Fsp3) is 0.320. The SMILES string of the molecule is COc1ccc([N+](=O)[O-])cc1NC(=O)CC(c1ccc(F)cc1)N1C(=O)C2C3C=CC(C3)C2C1=O. The zero-order chi connectivity index (χ0) is 24.9. The molecule has 35 heavy (non-hydrogen) atoms. The highest BCUT2D eigenvalue weighted by Crippen LogP contribution is 2.54. The predicted octanol–water partition coefficient (Wildman–Crippen LogP) is 3.62. The number of nitro groups is 1. The molecule has 1 saturated heterocycles. The maximum Gasteiger partial charge on any atom is 0.271 e. The molecule has 1 heterocycles. The fourth-order valence-electron chi connectivity index (χ4n) is 5.56. The van der Waals surface area contributed by atoms with Gasteiger partial charge in [0.2, 0.25) is 17.7 Å². The van der Waals surface area contributed by atoms with E-state index in [2.05, 4.69) is 5.32 Å². The van der Waals surface area contributed by atoms with Crippen LogP contribution in [-0.4, -0.2) is 34.7 Å². The number of amides is 3. The number of likely N-dealkylation sites (tertiary alicyclic amines) is 1. The molecule has 2 aromatic carbocycles. The second-order valence-corrected chi connectivity index (χ2v) is 9.01. The Labute approximate surface area is 199 Å².